The average molecular weight is 539 g/mol. The topological polar surface area (TPSA) is 59.8 Å². The van der Waals surface area contributed by atoms with E-state index in [2.05, 4.69) is 52.5 Å². The number of carbonyl (C=O) groups excluding carboxylic acids is 1. The van der Waals surface area contributed by atoms with Crippen molar-refractivity contribution in [3.63, 3.8) is 0 Å². The zero-order valence-corrected chi connectivity index (χ0v) is 22.9. The second kappa shape index (κ2) is 11.2. The lowest BCUT2D eigenvalue weighted by Crippen LogP contribution is -2.41. The molecule has 0 bridgehead atoms. The number of nitrogens with zero attached hydrogens (tertiary/aromatic N) is 4. The van der Waals surface area contributed by atoms with Crippen molar-refractivity contribution in [3.05, 3.63) is 58.6 Å². The minimum Gasteiger partial charge on any atom is -0.497 e. The third-order valence-corrected chi connectivity index (χ3v) is 8.04. The van der Waals surface area contributed by atoms with Crippen LogP contribution < -0.4 is 9.64 Å². The van der Waals surface area contributed by atoms with Crippen LogP contribution in [0.3, 0.4) is 0 Å². The number of aromatic nitrogens is 2. The molecule has 2 aromatic carbocycles. The first kappa shape index (κ1) is 25.7. The fourth-order valence-electron chi connectivity index (χ4n) is 4.84. The number of anilines is 2. The molecule has 0 aliphatic carbocycles. The molecule has 1 atom stereocenters. The summed E-state index contributed by atoms with van der Waals surface area (Å²) in [5.74, 6) is 0.722. The maximum Gasteiger partial charge on any atom is 0.190 e. The summed E-state index contributed by atoms with van der Waals surface area (Å²) in [6.07, 6.45) is 3.66. The van der Waals surface area contributed by atoms with E-state index in [1.807, 2.05) is 24.4 Å². The van der Waals surface area contributed by atoms with Crippen molar-refractivity contribution < 1.29 is 14.3 Å². The quantitative estimate of drug-likeness (QED) is 0.233. The van der Waals surface area contributed by atoms with Crippen LogP contribution in [0.4, 0.5) is 10.8 Å². The maximum absolute atomic E-state index is 12.1. The number of ether oxygens (including phenoxy) is 2. The zero-order chi connectivity index (χ0) is 25.9. The first-order valence-electron chi connectivity index (χ1n) is 12.5. The third kappa shape index (κ3) is 5.11. The van der Waals surface area contributed by atoms with Gasteiger partial charge in [0.15, 0.2) is 11.4 Å². The number of thiazole rings is 1. The van der Waals surface area contributed by atoms with Gasteiger partial charge in [-0.15, -0.1) is 11.3 Å². The summed E-state index contributed by atoms with van der Waals surface area (Å²) in [5, 5.41) is 2.64. The van der Waals surface area contributed by atoms with Crippen LogP contribution in [0.2, 0.25) is 5.02 Å². The maximum atomic E-state index is 12.1. The van der Waals surface area contributed by atoms with Crippen molar-refractivity contribution in [2.75, 3.05) is 44.9 Å². The number of aldehydes is 1. The third-order valence-electron chi connectivity index (χ3n) is 6.74. The Morgan fingerprint density at radius 1 is 1.22 bits per heavy atom. The van der Waals surface area contributed by atoms with Crippen molar-refractivity contribution in [2.45, 2.75) is 26.4 Å². The standard InChI is InChI=1S/C28H31ClN4O3S/c1-4-10-32(28-30-27(19(2)37-28)23-7-6-22(35-3)17-24(23)29)21-5-8-25-20(16-21)9-11-33(25)26(18-34)31-12-14-36-15-13-31/h5-9,11,16-18,26H,4,10,12-15H2,1-3H3. The van der Waals surface area contributed by atoms with Crippen molar-refractivity contribution in [1.82, 2.24) is 14.5 Å². The molecule has 1 saturated heterocycles. The normalized spacial score (nSPS) is 15.1. The predicted octanol–water partition coefficient (Wildman–Crippen LogP) is 6.31. The molecule has 3 heterocycles. The van der Waals surface area contributed by atoms with E-state index in [1.54, 1.807) is 18.4 Å². The second-order valence-corrected chi connectivity index (χ2v) is 10.7. The summed E-state index contributed by atoms with van der Waals surface area (Å²) < 4.78 is 12.8. The van der Waals surface area contributed by atoms with Crippen LogP contribution in [-0.2, 0) is 9.53 Å². The Hall–Kier alpha value is -2.91. The highest BCUT2D eigenvalue weighted by Gasteiger charge is 2.24. The number of rotatable bonds is 9. The SMILES string of the molecule is CCCN(c1ccc2c(ccn2C(C=O)N2CCOCC2)c1)c1nc(-c2ccc(OC)cc2Cl)c(C)s1. The highest BCUT2D eigenvalue weighted by molar-refractivity contribution is 7.16. The summed E-state index contributed by atoms with van der Waals surface area (Å²) in [6, 6.07) is 14.2. The van der Waals surface area contributed by atoms with Gasteiger partial charge in [0, 0.05) is 52.9 Å². The second-order valence-electron chi connectivity index (χ2n) is 9.06. The molecule has 0 spiro atoms. The van der Waals surface area contributed by atoms with Crippen LogP contribution in [0.15, 0.2) is 48.7 Å². The molecule has 1 unspecified atom stereocenters. The Labute approximate surface area is 226 Å². The van der Waals surface area contributed by atoms with Crippen LogP contribution in [0.5, 0.6) is 5.75 Å². The van der Waals surface area contributed by atoms with Gasteiger partial charge in [-0.2, -0.15) is 0 Å². The number of benzene rings is 2. The van der Waals surface area contributed by atoms with Crippen LogP contribution in [-0.4, -0.2) is 60.7 Å². The lowest BCUT2D eigenvalue weighted by Gasteiger charge is -2.32. The molecule has 37 heavy (non-hydrogen) atoms. The first-order chi connectivity index (χ1) is 18.0. The number of aryl methyl sites for hydroxylation is 1. The van der Waals surface area contributed by atoms with E-state index in [9.17, 15) is 4.79 Å². The molecule has 1 aliphatic heterocycles. The van der Waals surface area contributed by atoms with Gasteiger partial charge in [0.05, 0.1) is 31.0 Å². The van der Waals surface area contributed by atoms with Gasteiger partial charge in [-0.3, -0.25) is 9.69 Å². The number of carbonyl (C=O) groups is 1. The number of hydrogen-bond acceptors (Lipinski definition) is 7. The van der Waals surface area contributed by atoms with E-state index in [0.717, 1.165) is 75.9 Å². The molecule has 1 fully saturated rings. The van der Waals surface area contributed by atoms with Crippen LogP contribution in [0.1, 0.15) is 24.4 Å². The van der Waals surface area contributed by atoms with Gasteiger partial charge < -0.3 is 18.9 Å². The number of methoxy groups -OCH3 is 1. The molecule has 194 valence electrons. The fraction of sp³-hybridized carbons (Fsp3) is 0.357. The summed E-state index contributed by atoms with van der Waals surface area (Å²) in [4.78, 5) is 22.6. The molecule has 4 aromatic rings. The smallest absolute Gasteiger partial charge is 0.190 e. The summed E-state index contributed by atoms with van der Waals surface area (Å²) >= 11 is 8.24. The lowest BCUT2D eigenvalue weighted by molar-refractivity contribution is -0.117. The Kier molecular flexibility index (Phi) is 7.81. The predicted molar refractivity (Wildman–Crippen MR) is 151 cm³/mol. The number of hydrogen-bond donors (Lipinski definition) is 0. The van der Waals surface area contributed by atoms with Gasteiger partial charge in [0.1, 0.15) is 11.9 Å². The van der Waals surface area contributed by atoms with Gasteiger partial charge in [0.25, 0.3) is 0 Å². The highest BCUT2D eigenvalue weighted by atomic mass is 35.5. The molecule has 9 heteroatoms. The van der Waals surface area contributed by atoms with Gasteiger partial charge in [0.2, 0.25) is 0 Å². The molecule has 0 N–H and O–H groups in total. The fourth-order valence-corrected chi connectivity index (χ4v) is 6.07. The molecular formula is C28H31ClN4O3S. The molecule has 0 amide bonds. The van der Waals surface area contributed by atoms with E-state index < -0.39 is 0 Å². The molecule has 2 aromatic heterocycles. The highest BCUT2D eigenvalue weighted by Crippen LogP contribution is 2.40. The van der Waals surface area contributed by atoms with E-state index in [4.69, 9.17) is 26.1 Å². The number of halogens is 1. The molecule has 5 rings (SSSR count). The Morgan fingerprint density at radius 3 is 2.73 bits per heavy atom. The molecular weight excluding hydrogens is 508 g/mol. The monoisotopic (exact) mass is 538 g/mol. The van der Waals surface area contributed by atoms with Crippen molar-refractivity contribution >= 4 is 50.9 Å². The molecule has 1 aliphatic rings. The Bertz CT molecular complexity index is 1400. The van der Waals surface area contributed by atoms with Crippen LogP contribution in [0.25, 0.3) is 22.2 Å². The molecule has 0 saturated carbocycles. The van der Waals surface area contributed by atoms with E-state index in [1.165, 1.54) is 0 Å². The first-order valence-corrected chi connectivity index (χ1v) is 13.7. The van der Waals surface area contributed by atoms with Crippen molar-refractivity contribution in [2.24, 2.45) is 0 Å². The average Bonchev–Trinajstić information content (AvgIpc) is 3.51. The minimum absolute atomic E-state index is 0.336. The lowest BCUT2D eigenvalue weighted by atomic mass is 10.1. The number of fused-ring (bicyclic) bond motifs is 1. The van der Waals surface area contributed by atoms with Crippen LogP contribution in [0, 0.1) is 6.92 Å². The minimum atomic E-state index is -0.336. The number of morpholine rings is 1. The van der Waals surface area contributed by atoms with Crippen molar-refractivity contribution in [1.29, 1.82) is 0 Å². The molecule has 0 radical (unpaired) electrons. The van der Waals surface area contributed by atoms with E-state index >= 15 is 0 Å². The molecule has 7 nitrogen and oxygen atoms in total. The largest absolute Gasteiger partial charge is 0.497 e. The van der Waals surface area contributed by atoms with Gasteiger partial charge >= 0.3 is 0 Å². The summed E-state index contributed by atoms with van der Waals surface area (Å²) in [7, 11) is 1.63. The van der Waals surface area contributed by atoms with Gasteiger partial charge in [-0.05, 0) is 55.8 Å². The Balaban J connectivity index is 1.48. The summed E-state index contributed by atoms with van der Waals surface area (Å²) in [6.45, 7) is 7.87. The van der Waals surface area contributed by atoms with E-state index in [-0.39, 0.29) is 6.17 Å². The van der Waals surface area contributed by atoms with Crippen LogP contribution >= 0.6 is 22.9 Å². The van der Waals surface area contributed by atoms with Gasteiger partial charge in [-0.1, -0.05) is 18.5 Å². The Morgan fingerprint density at radius 2 is 2.03 bits per heavy atom. The zero-order valence-electron chi connectivity index (χ0n) is 21.3. The van der Waals surface area contributed by atoms with E-state index in [0.29, 0.717) is 18.2 Å². The summed E-state index contributed by atoms with van der Waals surface area (Å²) in [5.41, 5.74) is 3.89. The van der Waals surface area contributed by atoms with Gasteiger partial charge in [-0.25, -0.2) is 4.98 Å². The van der Waals surface area contributed by atoms with Crippen molar-refractivity contribution in [3.8, 4) is 17.0 Å².